The zero-order valence-electron chi connectivity index (χ0n) is 15.0. The maximum absolute atomic E-state index is 12.6. The van der Waals surface area contributed by atoms with Crippen LogP contribution < -0.4 is 0 Å². The number of hydrogen-bond donors (Lipinski definition) is 0. The molecule has 4 nitrogen and oxygen atoms in total. The molecule has 1 atom stereocenters. The van der Waals surface area contributed by atoms with Crippen molar-refractivity contribution in [1.82, 2.24) is 14.5 Å². The normalized spacial score (nSPS) is 20.7. The molecule has 25 heavy (non-hydrogen) atoms. The van der Waals surface area contributed by atoms with Crippen molar-refractivity contribution in [2.24, 2.45) is 0 Å². The number of aromatic nitrogens is 2. The van der Waals surface area contributed by atoms with Crippen molar-refractivity contribution in [3.05, 3.63) is 53.6 Å². The van der Waals surface area contributed by atoms with Crippen molar-refractivity contribution < 1.29 is 4.79 Å². The highest BCUT2D eigenvalue weighted by Crippen LogP contribution is 2.38. The molecule has 1 saturated carbocycles. The SMILES string of the molecule is Cc1cnc(C2CCC2)n1C1CCN(C(=O)CCc2ccccc2)C1. The molecule has 1 saturated heterocycles. The smallest absolute Gasteiger partial charge is 0.222 e. The van der Waals surface area contributed by atoms with Crippen LogP contribution in [0.5, 0.6) is 0 Å². The zero-order valence-corrected chi connectivity index (χ0v) is 15.0. The highest BCUT2D eigenvalue weighted by molar-refractivity contribution is 5.76. The number of nitrogens with zero attached hydrogens (tertiary/aromatic N) is 3. The number of likely N-dealkylation sites (tertiary alicyclic amines) is 1. The van der Waals surface area contributed by atoms with Crippen LogP contribution in [-0.4, -0.2) is 33.4 Å². The Balaban J connectivity index is 1.38. The summed E-state index contributed by atoms with van der Waals surface area (Å²) in [6, 6.07) is 10.7. The standard InChI is InChI=1S/C21H27N3O/c1-16-14-22-21(18-8-5-9-18)24(16)19-12-13-23(15-19)20(25)11-10-17-6-3-2-4-7-17/h2-4,6-7,14,18-19H,5,8-13,15H2,1H3. The second-order valence-corrected chi connectivity index (χ2v) is 7.52. The second kappa shape index (κ2) is 7.03. The highest BCUT2D eigenvalue weighted by Gasteiger charge is 2.32. The summed E-state index contributed by atoms with van der Waals surface area (Å²) in [6.07, 6.45) is 8.35. The Morgan fingerprint density at radius 3 is 2.72 bits per heavy atom. The van der Waals surface area contributed by atoms with Crippen molar-refractivity contribution in [1.29, 1.82) is 0 Å². The van der Waals surface area contributed by atoms with E-state index in [0.717, 1.165) is 25.9 Å². The van der Waals surface area contributed by atoms with E-state index in [2.05, 4.69) is 33.5 Å². The molecule has 4 rings (SSSR count). The van der Waals surface area contributed by atoms with Gasteiger partial charge in [-0.1, -0.05) is 36.8 Å². The van der Waals surface area contributed by atoms with Gasteiger partial charge in [0.25, 0.3) is 0 Å². The molecule has 1 unspecified atom stereocenters. The predicted octanol–water partition coefficient (Wildman–Crippen LogP) is 3.87. The fraction of sp³-hybridized carbons (Fsp3) is 0.524. The van der Waals surface area contributed by atoms with E-state index in [1.807, 2.05) is 24.4 Å². The average Bonchev–Trinajstić information content (AvgIpc) is 3.19. The molecular weight excluding hydrogens is 310 g/mol. The molecule has 2 aliphatic rings. The lowest BCUT2D eigenvalue weighted by molar-refractivity contribution is -0.130. The first-order valence-electron chi connectivity index (χ1n) is 9.58. The van der Waals surface area contributed by atoms with Crippen LogP contribution in [0, 0.1) is 6.92 Å². The molecule has 1 aromatic heterocycles. The van der Waals surface area contributed by atoms with E-state index >= 15 is 0 Å². The fourth-order valence-electron chi connectivity index (χ4n) is 4.14. The van der Waals surface area contributed by atoms with Gasteiger partial charge in [0.15, 0.2) is 0 Å². The second-order valence-electron chi connectivity index (χ2n) is 7.52. The van der Waals surface area contributed by atoms with Gasteiger partial charge in [0.1, 0.15) is 5.82 Å². The van der Waals surface area contributed by atoms with Crippen LogP contribution in [-0.2, 0) is 11.2 Å². The lowest BCUT2D eigenvalue weighted by atomic mass is 9.84. The van der Waals surface area contributed by atoms with Crippen molar-refractivity contribution in [3.63, 3.8) is 0 Å². The Morgan fingerprint density at radius 1 is 1.20 bits per heavy atom. The molecule has 1 amide bonds. The maximum atomic E-state index is 12.6. The number of benzene rings is 1. The fourth-order valence-corrected chi connectivity index (χ4v) is 4.14. The topological polar surface area (TPSA) is 38.1 Å². The molecule has 0 radical (unpaired) electrons. The van der Waals surface area contributed by atoms with Gasteiger partial charge in [-0.15, -0.1) is 0 Å². The lowest BCUT2D eigenvalue weighted by Crippen LogP contribution is -2.30. The van der Waals surface area contributed by atoms with E-state index in [9.17, 15) is 4.79 Å². The van der Waals surface area contributed by atoms with Crippen LogP contribution >= 0.6 is 0 Å². The van der Waals surface area contributed by atoms with Crippen molar-refractivity contribution in [2.45, 2.75) is 57.4 Å². The van der Waals surface area contributed by atoms with Gasteiger partial charge in [0, 0.05) is 37.3 Å². The van der Waals surface area contributed by atoms with Crippen molar-refractivity contribution in [3.8, 4) is 0 Å². The summed E-state index contributed by atoms with van der Waals surface area (Å²) in [7, 11) is 0. The third-order valence-electron chi connectivity index (χ3n) is 5.83. The molecule has 1 aliphatic carbocycles. The lowest BCUT2D eigenvalue weighted by Gasteiger charge is -2.28. The number of carbonyl (C=O) groups excluding carboxylic acids is 1. The first kappa shape index (κ1) is 16.4. The van der Waals surface area contributed by atoms with E-state index in [-0.39, 0.29) is 5.91 Å². The van der Waals surface area contributed by atoms with Gasteiger partial charge in [0.2, 0.25) is 5.91 Å². The first-order chi connectivity index (χ1) is 12.2. The van der Waals surface area contributed by atoms with E-state index in [1.165, 1.54) is 36.3 Å². The molecule has 1 aromatic carbocycles. The maximum Gasteiger partial charge on any atom is 0.222 e. The predicted molar refractivity (Wildman–Crippen MR) is 98.6 cm³/mol. The van der Waals surface area contributed by atoms with Crippen LogP contribution in [0.25, 0.3) is 0 Å². The largest absolute Gasteiger partial charge is 0.341 e. The van der Waals surface area contributed by atoms with Gasteiger partial charge in [-0.05, 0) is 38.2 Å². The van der Waals surface area contributed by atoms with Gasteiger partial charge in [-0.2, -0.15) is 0 Å². The van der Waals surface area contributed by atoms with Crippen LogP contribution in [0.1, 0.15) is 61.1 Å². The highest BCUT2D eigenvalue weighted by atomic mass is 16.2. The molecule has 2 fully saturated rings. The van der Waals surface area contributed by atoms with Crippen LogP contribution in [0.2, 0.25) is 0 Å². The Bertz CT molecular complexity index is 733. The molecule has 4 heteroatoms. The van der Waals surface area contributed by atoms with Gasteiger partial charge in [-0.3, -0.25) is 4.79 Å². The van der Waals surface area contributed by atoms with E-state index in [4.69, 9.17) is 0 Å². The molecule has 0 spiro atoms. The minimum Gasteiger partial charge on any atom is -0.341 e. The Morgan fingerprint density at radius 2 is 2.00 bits per heavy atom. The van der Waals surface area contributed by atoms with Gasteiger partial charge in [0.05, 0.1) is 6.04 Å². The van der Waals surface area contributed by atoms with Gasteiger partial charge in [-0.25, -0.2) is 4.98 Å². The number of carbonyl (C=O) groups is 1. The minimum atomic E-state index is 0.286. The van der Waals surface area contributed by atoms with Gasteiger partial charge < -0.3 is 9.47 Å². The number of amides is 1. The first-order valence-corrected chi connectivity index (χ1v) is 9.58. The number of rotatable bonds is 5. The van der Waals surface area contributed by atoms with Crippen LogP contribution in [0.15, 0.2) is 36.5 Å². The molecule has 2 heterocycles. The average molecular weight is 337 g/mol. The van der Waals surface area contributed by atoms with E-state index in [0.29, 0.717) is 18.4 Å². The summed E-state index contributed by atoms with van der Waals surface area (Å²) in [5, 5.41) is 0. The van der Waals surface area contributed by atoms with E-state index < -0.39 is 0 Å². The molecular formula is C21H27N3O. The third-order valence-corrected chi connectivity index (χ3v) is 5.83. The summed E-state index contributed by atoms with van der Waals surface area (Å²) >= 11 is 0. The Hall–Kier alpha value is -2.10. The Labute approximate surface area is 149 Å². The summed E-state index contributed by atoms with van der Waals surface area (Å²) in [6.45, 7) is 3.86. The van der Waals surface area contributed by atoms with Crippen molar-refractivity contribution in [2.75, 3.05) is 13.1 Å². The molecule has 1 aliphatic heterocycles. The van der Waals surface area contributed by atoms with Crippen LogP contribution in [0.3, 0.4) is 0 Å². The summed E-state index contributed by atoms with van der Waals surface area (Å²) in [4.78, 5) is 19.3. The molecule has 2 aromatic rings. The van der Waals surface area contributed by atoms with Crippen LogP contribution in [0.4, 0.5) is 0 Å². The monoisotopic (exact) mass is 337 g/mol. The van der Waals surface area contributed by atoms with Gasteiger partial charge >= 0.3 is 0 Å². The molecule has 0 bridgehead atoms. The minimum absolute atomic E-state index is 0.286. The number of imidazole rings is 1. The third kappa shape index (κ3) is 3.35. The van der Waals surface area contributed by atoms with Crippen molar-refractivity contribution >= 4 is 5.91 Å². The summed E-state index contributed by atoms with van der Waals surface area (Å²) in [5.74, 6) is 2.18. The number of aryl methyl sites for hydroxylation is 2. The summed E-state index contributed by atoms with van der Waals surface area (Å²) < 4.78 is 2.42. The number of hydrogen-bond acceptors (Lipinski definition) is 2. The molecule has 132 valence electrons. The zero-order chi connectivity index (χ0) is 17.2. The molecule has 0 N–H and O–H groups in total. The van der Waals surface area contributed by atoms with E-state index in [1.54, 1.807) is 0 Å². The Kier molecular flexibility index (Phi) is 4.60. The quantitative estimate of drug-likeness (QED) is 0.831. The summed E-state index contributed by atoms with van der Waals surface area (Å²) in [5.41, 5.74) is 2.48.